The summed E-state index contributed by atoms with van der Waals surface area (Å²) >= 11 is 0. The van der Waals surface area contributed by atoms with Gasteiger partial charge in [0.05, 0.1) is 17.5 Å². The highest BCUT2D eigenvalue weighted by atomic mass is 19.4. The minimum Gasteiger partial charge on any atom is -0.487 e. The zero-order valence-corrected chi connectivity index (χ0v) is 18.4. The van der Waals surface area contributed by atoms with Gasteiger partial charge in [-0.2, -0.15) is 13.2 Å². The number of rotatable bonds is 4. The molecule has 3 aliphatic rings. The molecule has 1 unspecified atom stereocenters. The summed E-state index contributed by atoms with van der Waals surface area (Å²) in [4.78, 5) is 32.0. The molecule has 3 aromatic rings. The Kier molecular flexibility index (Phi) is 4.99. The van der Waals surface area contributed by atoms with Crippen LogP contribution in [0.1, 0.15) is 29.0 Å². The number of aromatic nitrogens is 2. The van der Waals surface area contributed by atoms with Gasteiger partial charge in [0.1, 0.15) is 35.0 Å². The predicted octanol–water partition coefficient (Wildman–Crippen LogP) is 4.22. The quantitative estimate of drug-likeness (QED) is 0.497. The van der Waals surface area contributed by atoms with Crippen LogP contribution < -0.4 is 25.4 Å². The van der Waals surface area contributed by atoms with Crippen molar-refractivity contribution in [3.05, 3.63) is 65.5 Å². The van der Waals surface area contributed by atoms with E-state index in [1.807, 2.05) is 6.07 Å². The van der Waals surface area contributed by atoms with Crippen LogP contribution in [0.4, 0.5) is 29.6 Å². The molecular weight excluding hydrogens is 479 g/mol. The molecule has 0 saturated heterocycles. The van der Waals surface area contributed by atoms with Gasteiger partial charge in [-0.15, -0.1) is 0 Å². The molecule has 9 nitrogen and oxygen atoms in total. The Bertz CT molecular complexity index is 1400. The van der Waals surface area contributed by atoms with Crippen LogP contribution in [-0.4, -0.2) is 34.1 Å². The van der Waals surface area contributed by atoms with Gasteiger partial charge in [0.15, 0.2) is 0 Å². The molecule has 1 saturated carbocycles. The van der Waals surface area contributed by atoms with Gasteiger partial charge in [0.25, 0.3) is 0 Å². The lowest BCUT2D eigenvalue weighted by molar-refractivity contribution is -0.137. The third-order valence-corrected chi connectivity index (χ3v) is 6.28. The number of ether oxygens (including phenoxy) is 2. The van der Waals surface area contributed by atoms with Gasteiger partial charge in [-0.3, -0.25) is 10.1 Å². The minimum absolute atomic E-state index is 0.0898. The van der Waals surface area contributed by atoms with E-state index in [4.69, 9.17) is 9.47 Å². The van der Waals surface area contributed by atoms with Gasteiger partial charge in [-0.25, -0.2) is 14.8 Å². The second-order valence-electron chi connectivity index (χ2n) is 8.65. The number of nitrogens with zero attached hydrogens (tertiary/aromatic N) is 2. The van der Waals surface area contributed by atoms with E-state index in [-0.39, 0.29) is 29.8 Å². The maximum atomic E-state index is 12.9. The Morgan fingerprint density at radius 3 is 2.78 bits per heavy atom. The van der Waals surface area contributed by atoms with Crippen LogP contribution in [-0.2, 0) is 17.4 Å². The van der Waals surface area contributed by atoms with E-state index in [0.717, 1.165) is 29.5 Å². The van der Waals surface area contributed by atoms with E-state index in [9.17, 15) is 22.8 Å². The van der Waals surface area contributed by atoms with Crippen molar-refractivity contribution in [2.24, 2.45) is 0 Å². The van der Waals surface area contributed by atoms with Crippen LogP contribution in [0.25, 0.3) is 0 Å². The summed E-state index contributed by atoms with van der Waals surface area (Å²) in [5, 5.41) is 7.81. The van der Waals surface area contributed by atoms with E-state index < -0.39 is 17.8 Å². The number of halogens is 3. The number of hydrogen-bond donors (Lipinski definition) is 3. The fraction of sp³-hybridized carbons (Fsp3) is 0.250. The summed E-state index contributed by atoms with van der Waals surface area (Å²) in [7, 11) is 0. The van der Waals surface area contributed by atoms with Gasteiger partial charge in [0, 0.05) is 29.9 Å². The van der Waals surface area contributed by atoms with E-state index in [1.165, 1.54) is 0 Å². The summed E-state index contributed by atoms with van der Waals surface area (Å²) in [5.41, 5.74) is 0.771. The molecule has 0 bridgehead atoms. The molecule has 1 aromatic carbocycles. The molecule has 3 N–H and O–H groups in total. The predicted molar refractivity (Wildman–Crippen MR) is 120 cm³/mol. The molecule has 36 heavy (non-hydrogen) atoms. The fourth-order valence-electron chi connectivity index (χ4n) is 4.54. The van der Waals surface area contributed by atoms with Gasteiger partial charge in [0.2, 0.25) is 5.91 Å². The zero-order valence-electron chi connectivity index (χ0n) is 18.4. The van der Waals surface area contributed by atoms with Crippen LogP contribution in [0.15, 0.2) is 48.8 Å². The van der Waals surface area contributed by atoms with E-state index in [1.54, 1.807) is 24.4 Å². The van der Waals surface area contributed by atoms with Crippen LogP contribution in [0.2, 0.25) is 0 Å². The fourth-order valence-corrected chi connectivity index (χ4v) is 4.54. The summed E-state index contributed by atoms with van der Waals surface area (Å²) < 4.78 is 50.7. The van der Waals surface area contributed by atoms with Crippen LogP contribution >= 0.6 is 0 Å². The highest BCUT2D eigenvalue weighted by Gasteiger charge is 2.59. The van der Waals surface area contributed by atoms with Crippen molar-refractivity contribution in [1.29, 1.82) is 0 Å². The van der Waals surface area contributed by atoms with Crippen molar-refractivity contribution >= 4 is 23.6 Å². The Hall–Kier alpha value is -4.35. The molecule has 6 rings (SSSR count). The number of fused-ring (bicyclic) bond motifs is 4. The molecule has 12 heteroatoms. The van der Waals surface area contributed by atoms with Crippen molar-refractivity contribution in [1.82, 2.24) is 15.3 Å². The number of amides is 3. The third kappa shape index (κ3) is 4.04. The molecule has 2 aliphatic heterocycles. The Labute approximate surface area is 202 Å². The van der Waals surface area contributed by atoms with Gasteiger partial charge in [-0.05, 0) is 42.8 Å². The molecule has 0 radical (unpaired) electrons. The molecule has 3 amide bonds. The lowest BCUT2D eigenvalue weighted by Gasteiger charge is -2.19. The van der Waals surface area contributed by atoms with Crippen molar-refractivity contribution in [2.45, 2.75) is 37.1 Å². The van der Waals surface area contributed by atoms with Gasteiger partial charge in [-0.1, -0.05) is 0 Å². The Morgan fingerprint density at radius 2 is 1.94 bits per heavy atom. The third-order valence-electron chi connectivity index (χ3n) is 6.28. The summed E-state index contributed by atoms with van der Waals surface area (Å²) in [6, 6.07) is 7.70. The van der Waals surface area contributed by atoms with Crippen LogP contribution in [0, 0.1) is 0 Å². The van der Waals surface area contributed by atoms with Crippen molar-refractivity contribution in [2.75, 3.05) is 10.6 Å². The standard InChI is InChI=1S/C24H18F3N5O4/c25-24(26,27)11-5-7-28-17(9-11)30-23(34)32-20-19-14-10-12(1-3-15(14)36-21(19)20)35-16-6-8-29-22-13(16)2-4-18(33)31-22/h1,3,5-10,19-21H,2,4H2,(H,29,31,33)(H2,28,30,32,34)/t19-,20-,21?/m0/s1. The molecule has 1 fully saturated rings. The highest BCUT2D eigenvalue weighted by Crippen LogP contribution is 2.54. The summed E-state index contributed by atoms with van der Waals surface area (Å²) in [6.45, 7) is 0. The van der Waals surface area contributed by atoms with Gasteiger partial charge >= 0.3 is 12.2 Å². The largest absolute Gasteiger partial charge is 0.487 e. The zero-order chi connectivity index (χ0) is 25.0. The van der Waals surface area contributed by atoms with Crippen molar-refractivity contribution < 1.29 is 32.2 Å². The number of hydrogen-bond acceptors (Lipinski definition) is 6. The topological polar surface area (TPSA) is 114 Å². The maximum absolute atomic E-state index is 12.9. The number of benzene rings is 1. The average molecular weight is 497 g/mol. The Balaban J connectivity index is 1.13. The minimum atomic E-state index is -4.54. The van der Waals surface area contributed by atoms with E-state index in [2.05, 4.69) is 25.9 Å². The second-order valence-corrected chi connectivity index (χ2v) is 8.65. The number of urea groups is 1. The van der Waals surface area contributed by atoms with Gasteiger partial charge < -0.3 is 20.1 Å². The van der Waals surface area contributed by atoms with Crippen molar-refractivity contribution in [3.8, 4) is 17.2 Å². The summed E-state index contributed by atoms with van der Waals surface area (Å²) in [6.07, 6.45) is -1.40. The number of alkyl halides is 3. The number of anilines is 2. The molecule has 1 aliphatic carbocycles. The van der Waals surface area contributed by atoms with E-state index >= 15 is 0 Å². The van der Waals surface area contributed by atoms with E-state index in [0.29, 0.717) is 35.9 Å². The Morgan fingerprint density at radius 1 is 1.11 bits per heavy atom. The maximum Gasteiger partial charge on any atom is 0.416 e. The normalized spacial score (nSPS) is 21.3. The smallest absolute Gasteiger partial charge is 0.416 e. The monoisotopic (exact) mass is 497 g/mol. The lowest BCUT2D eigenvalue weighted by Crippen LogP contribution is -2.34. The first kappa shape index (κ1) is 22.1. The highest BCUT2D eigenvalue weighted by molar-refractivity contribution is 5.93. The molecule has 3 atom stereocenters. The number of nitrogens with one attached hydrogen (secondary N) is 3. The molecule has 4 heterocycles. The SMILES string of the molecule is O=C1CCc2c(Oc3ccc4c(c3)[C@@H]3C(O4)[C@H]3NC(=O)Nc3cc(C(F)(F)F)ccn3)ccnc2N1. The molecule has 2 aromatic heterocycles. The van der Waals surface area contributed by atoms with Crippen LogP contribution in [0.3, 0.4) is 0 Å². The average Bonchev–Trinajstić information content (AvgIpc) is 3.34. The number of carbonyl (C=O) groups is 2. The van der Waals surface area contributed by atoms with Crippen molar-refractivity contribution in [3.63, 3.8) is 0 Å². The lowest BCUT2D eigenvalue weighted by atomic mass is 10.1. The second kappa shape index (κ2) is 8.11. The number of carbonyl (C=O) groups excluding carboxylic acids is 2. The summed E-state index contributed by atoms with van der Waals surface area (Å²) in [5.74, 6) is 1.91. The number of pyridine rings is 2. The first-order valence-electron chi connectivity index (χ1n) is 11.1. The first-order valence-corrected chi connectivity index (χ1v) is 11.1. The molecule has 184 valence electrons. The molecule has 0 spiro atoms. The molecular formula is C24H18F3N5O4. The first-order chi connectivity index (χ1) is 17.3. The van der Waals surface area contributed by atoms with Crippen LogP contribution in [0.5, 0.6) is 17.2 Å².